The smallest absolute Gasteiger partial charge is 0.306 e. The Morgan fingerprint density at radius 2 is 1.87 bits per heavy atom. The number of benzene rings is 1. The van der Waals surface area contributed by atoms with E-state index >= 15 is 0 Å². The van der Waals surface area contributed by atoms with Gasteiger partial charge in [0.2, 0.25) is 5.78 Å². The molecule has 0 saturated heterocycles. The molecule has 31 heavy (non-hydrogen) atoms. The van der Waals surface area contributed by atoms with E-state index in [1.165, 1.54) is 22.5 Å². The average Bonchev–Trinajstić information content (AvgIpc) is 3.50. The lowest BCUT2D eigenvalue weighted by atomic mass is 10.0. The van der Waals surface area contributed by atoms with E-state index in [-0.39, 0.29) is 31.0 Å². The molecule has 2 aromatic heterocycles. The number of ketones is 2. The highest BCUT2D eigenvalue weighted by Gasteiger charge is 2.20. The molecule has 0 aliphatic heterocycles. The van der Waals surface area contributed by atoms with E-state index in [9.17, 15) is 14.4 Å². The van der Waals surface area contributed by atoms with Gasteiger partial charge >= 0.3 is 5.97 Å². The molecular weight excluding hydrogens is 412 g/mol. The number of aromatic nitrogens is 2. The Labute approximate surface area is 184 Å². The van der Waals surface area contributed by atoms with E-state index in [0.717, 1.165) is 35.8 Å². The van der Waals surface area contributed by atoms with Crippen LogP contribution in [0.3, 0.4) is 0 Å². The molecule has 0 bridgehead atoms. The minimum absolute atomic E-state index is 0.0403. The van der Waals surface area contributed by atoms with Crippen molar-refractivity contribution in [3.63, 3.8) is 0 Å². The Hall–Kier alpha value is -3.06. The van der Waals surface area contributed by atoms with Crippen LogP contribution >= 0.6 is 11.3 Å². The molecule has 2 heterocycles. The van der Waals surface area contributed by atoms with Gasteiger partial charge in [-0.15, -0.1) is 11.3 Å². The fourth-order valence-electron chi connectivity index (χ4n) is 4.07. The zero-order chi connectivity index (χ0) is 22.0. The molecule has 0 saturated carbocycles. The molecule has 1 aliphatic rings. The van der Waals surface area contributed by atoms with Crippen LogP contribution in [0.5, 0.6) is 0 Å². The number of Topliss-reactive ketones (excluding diaryl/α,β-unsaturated/α-hetero) is 2. The van der Waals surface area contributed by atoms with Crippen molar-refractivity contribution in [2.24, 2.45) is 0 Å². The first kappa shape index (κ1) is 21.2. The van der Waals surface area contributed by atoms with E-state index in [4.69, 9.17) is 4.74 Å². The van der Waals surface area contributed by atoms with E-state index in [1.54, 1.807) is 12.3 Å². The molecule has 1 aliphatic carbocycles. The van der Waals surface area contributed by atoms with E-state index in [2.05, 4.69) is 4.98 Å². The van der Waals surface area contributed by atoms with Gasteiger partial charge in [-0.3, -0.25) is 19.0 Å². The minimum atomic E-state index is -0.545. The van der Waals surface area contributed by atoms with Crippen LogP contribution in [0.15, 0.2) is 35.8 Å². The van der Waals surface area contributed by atoms with Crippen molar-refractivity contribution in [1.82, 2.24) is 9.55 Å². The maximum absolute atomic E-state index is 12.6. The van der Waals surface area contributed by atoms with Gasteiger partial charge in [0, 0.05) is 40.5 Å². The zero-order valence-corrected chi connectivity index (χ0v) is 18.5. The number of fused-ring (bicyclic) bond motifs is 1. The molecule has 1 aromatic carbocycles. The largest absolute Gasteiger partial charge is 0.457 e. The van der Waals surface area contributed by atoms with E-state index < -0.39 is 5.97 Å². The molecule has 4 rings (SSSR count). The second-order valence-corrected chi connectivity index (χ2v) is 8.65. The number of nitrogens with zero attached hydrogens (tertiary/aromatic N) is 2. The molecule has 0 atom stereocenters. The summed E-state index contributed by atoms with van der Waals surface area (Å²) in [6.07, 6.45) is 4.94. The summed E-state index contributed by atoms with van der Waals surface area (Å²) in [6.45, 7) is 3.41. The van der Waals surface area contributed by atoms with Gasteiger partial charge in [0.1, 0.15) is 0 Å². The van der Waals surface area contributed by atoms with E-state index in [1.807, 2.05) is 42.0 Å². The highest BCUT2D eigenvalue weighted by atomic mass is 32.1. The second-order valence-electron chi connectivity index (χ2n) is 7.78. The molecule has 0 radical (unpaired) electrons. The number of aryl methyl sites for hydroxylation is 3. The van der Waals surface area contributed by atoms with Crippen LogP contribution in [0.2, 0.25) is 0 Å². The van der Waals surface area contributed by atoms with Crippen LogP contribution in [0.25, 0.3) is 5.13 Å². The molecule has 160 valence electrons. The Morgan fingerprint density at radius 3 is 2.65 bits per heavy atom. The van der Waals surface area contributed by atoms with Crippen molar-refractivity contribution in [3.8, 4) is 5.13 Å². The van der Waals surface area contributed by atoms with Crippen molar-refractivity contribution in [2.75, 3.05) is 6.61 Å². The van der Waals surface area contributed by atoms with Crippen molar-refractivity contribution < 1.29 is 19.1 Å². The van der Waals surface area contributed by atoms with Gasteiger partial charge in [0.05, 0.1) is 6.42 Å². The fraction of sp³-hybridized carbons (Fsp3) is 0.333. The van der Waals surface area contributed by atoms with Gasteiger partial charge in [-0.2, -0.15) is 0 Å². The fourth-order valence-corrected chi connectivity index (χ4v) is 4.82. The van der Waals surface area contributed by atoms with Gasteiger partial charge in [0.15, 0.2) is 17.5 Å². The number of rotatable bonds is 8. The number of carbonyl (C=O) groups is 3. The van der Waals surface area contributed by atoms with E-state index in [0.29, 0.717) is 11.1 Å². The Balaban J connectivity index is 1.30. The first-order chi connectivity index (χ1) is 14.9. The van der Waals surface area contributed by atoms with Crippen molar-refractivity contribution in [1.29, 1.82) is 0 Å². The first-order valence-electron chi connectivity index (χ1n) is 10.4. The SMILES string of the molecule is Cc1cc(C(=O)COC(=O)CCC(=O)c2ccc3c(c2)CCC3)c(C)n1-c1nccs1. The second kappa shape index (κ2) is 8.98. The lowest BCUT2D eigenvalue weighted by Crippen LogP contribution is -2.15. The van der Waals surface area contributed by atoms with Gasteiger partial charge in [-0.05, 0) is 56.4 Å². The zero-order valence-electron chi connectivity index (χ0n) is 17.6. The normalized spacial score (nSPS) is 12.6. The number of hydrogen-bond donors (Lipinski definition) is 0. The first-order valence-corrected chi connectivity index (χ1v) is 11.2. The lowest BCUT2D eigenvalue weighted by molar-refractivity contribution is -0.142. The number of thiazole rings is 1. The topological polar surface area (TPSA) is 78.3 Å². The summed E-state index contributed by atoms with van der Waals surface area (Å²) in [4.78, 5) is 41.4. The minimum Gasteiger partial charge on any atom is -0.457 e. The third-order valence-electron chi connectivity index (χ3n) is 5.68. The summed E-state index contributed by atoms with van der Waals surface area (Å²) in [7, 11) is 0. The highest BCUT2D eigenvalue weighted by Crippen LogP contribution is 2.24. The number of ether oxygens (including phenoxy) is 1. The highest BCUT2D eigenvalue weighted by molar-refractivity contribution is 7.12. The summed E-state index contributed by atoms with van der Waals surface area (Å²) in [5.74, 6) is -0.893. The Kier molecular flexibility index (Phi) is 6.13. The standard InChI is InChI=1S/C24H24N2O4S/c1-15-12-20(16(2)26(15)24-25-10-11-31-24)22(28)14-30-23(29)9-8-21(27)19-7-6-17-4-3-5-18(17)13-19/h6-7,10-13H,3-5,8-9,14H2,1-2H3. The third kappa shape index (κ3) is 4.51. The van der Waals surface area contributed by atoms with Crippen molar-refractivity contribution in [3.05, 3.63) is 69.5 Å². The predicted molar refractivity (Wildman–Crippen MR) is 118 cm³/mol. The summed E-state index contributed by atoms with van der Waals surface area (Å²) in [5, 5.41) is 2.66. The number of carbonyl (C=O) groups excluding carboxylic acids is 3. The van der Waals surface area contributed by atoms with Crippen LogP contribution in [0.4, 0.5) is 0 Å². The average molecular weight is 437 g/mol. The summed E-state index contributed by atoms with van der Waals surface area (Å²) in [5.41, 5.74) is 5.34. The molecule has 6 nitrogen and oxygen atoms in total. The monoisotopic (exact) mass is 436 g/mol. The molecule has 0 spiro atoms. The van der Waals surface area contributed by atoms with Gasteiger partial charge in [-0.1, -0.05) is 12.1 Å². The van der Waals surface area contributed by atoms with Crippen LogP contribution in [-0.4, -0.2) is 33.7 Å². The van der Waals surface area contributed by atoms with Crippen LogP contribution < -0.4 is 0 Å². The van der Waals surface area contributed by atoms with Gasteiger partial charge in [-0.25, -0.2) is 4.98 Å². The number of esters is 1. The van der Waals surface area contributed by atoms with Crippen LogP contribution in [-0.2, 0) is 22.4 Å². The molecule has 7 heteroatoms. The van der Waals surface area contributed by atoms with Gasteiger partial charge < -0.3 is 4.74 Å². The summed E-state index contributed by atoms with van der Waals surface area (Å²) < 4.78 is 7.06. The van der Waals surface area contributed by atoms with Crippen LogP contribution in [0, 0.1) is 13.8 Å². The predicted octanol–water partition coefficient (Wildman–Crippen LogP) is 4.43. The quantitative estimate of drug-likeness (QED) is 0.386. The summed E-state index contributed by atoms with van der Waals surface area (Å²) in [6, 6.07) is 7.57. The third-order valence-corrected chi connectivity index (χ3v) is 6.44. The van der Waals surface area contributed by atoms with Gasteiger partial charge in [0.25, 0.3) is 0 Å². The maximum Gasteiger partial charge on any atom is 0.306 e. The van der Waals surface area contributed by atoms with Crippen molar-refractivity contribution in [2.45, 2.75) is 46.0 Å². The molecular formula is C24H24N2O4S. The molecule has 0 amide bonds. The van der Waals surface area contributed by atoms with Crippen LogP contribution in [0.1, 0.15) is 62.5 Å². The molecule has 0 N–H and O–H groups in total. The van der Waals surface area contributed by atoms with Crippen molar-refractivity contribution >= 4 is 28.9 Å². The lowest BCUT2D eigenvalue weighted by Gasteiger charge is -2.07. The number of hydrogen-bond acceptors (Lipinski definition) is 6. The Bertz CT molecular complexity index is 1140. The molecule has 0 unspecified atom stereocenters. The summed E-state index contributed by atoms with van der Waals surface area (Å²) >= 11 is 1.48. The molecule has 3 aromatic rings. The maximum atomic E-state index is 12.6. The Morgan fingerprint density at radius 1 is 1.06 bits per heavy atom. The molecule has 0 fully saturated rings.